The number of carbonyl (C=O) groups is 3. The summed E-state index contributed by atoms with van der Waals surface area (Å²) in [6, 6.07) is 9.84. The molecule has 0 aromatic heterocycles. The fourth-order valence-electron chi connectivity index (χ4n) is 3.06. The molecule has 1 aliphatic heterocycles. The first-order chi connectivity index (χ1) is 15.4. The number of ether oxygens (including phenoxy) is 3. The van der Waals surface area contributed by atoms with Crippen LogP contribution in [-0.4, -0.2) is 55.7 Å². The Morgan fingerprint density at radius 2 is 1.75 bits per heavy atom. The SMILES string of the molecule is CCOC(=O)CN(CC(=O)NC(=O)Nc1ccc2c(c1)OCCO2)Cc1ccc(F)cc1. The molecule has 2 N–H and O–H groups in total. The Morgan fingerprint density at radius 1 is 1.03 bits per heavy atom. The highest BCUT2D eigenvalue weighted by molar-refractivity contribution is 6.02. The van der Waals surface area contributed by atoms with E-state index in [2.05, 4.69) is 10.6 Å². The maximum atomic E-state index is 13.1. The van der Waals surface area contributed by atoms with Gasteiger partial charge in [-0.15, -0.1) is 0 Å². The van der Waals surface area contributed by atoms with E-state index in [1.165, 1.54) is 17.0 Å². The predicted molar refractivity (Wildman–Crippen MR) is 113 cm³/mol. The van der Waals surface area contributed by atoms with Crippen LogP contribution in [0.2, 0.25) is 0 Å². The van der Waals surface area contributed by atoms with E-state index in [1.807, 2.05) is 0 Å². The molecule has 1 heterocycles. The summed E-state index contributed by atoms with van der Waals surface area (Å²) in [6.45, 7) is 2.52. The number of hydrogen-bond donors (Lipinski definition) is 2. The second-order valence-corrected chi connectivity index (χ2v) is 6.94. The van der Waals surface area contributed by atoms with Gasteiger partial charge in [0.2, 0.25) is 5.91 Å². The van der Waals surface area contributed by atoms with E-state index in [1.54, 1.807) is 37.3 Å². The van der Waals surface area contributed by atoms with Crippen LogP contribution in [-0.2, 0) is 20.9 Å². The minimum atomic E-state index is -0.732. The first-order valence-electron chi connectivity index (χ1n) is 10.1. The number of imide groups is 1. The summed E-state index contributed by atoms with van der Waals surface area (Å²) in [5, 5.41) is 4.78. The molecule has 0 saturated carbocycles. The van der Waals surface area contributed by atoms with Crippen LogP contribution >= 0.6 is 0 Å². The van der Waals surface area contributed by atoms with E-state index in [0.29, 0.717) is 36.0 Å². The molecule has 3 rings (SSSR count). The molecular formula is C22H24FN3O6. The van der Waals surface area contributed by atoms with Gasteiger partial charge >= 0.3 is 12.0 Å². The van der Waals surface area contributed by atoms with E-state index in [0.717, 1.165) is 0 Å². The van der Waals surface area contributed by atoms with Gasteiger partial charge in [-0.05, 0) is 36.8 Å². The van der Waals surface area contributed by atoms with Crippen molar-refractivity contribution in [1.82, 2.24) is 10.2 Å². The number of esters is 1. The lowest BCUT2D eigenvalue weighted by molar-refractivity contribution is -0.144. The van der Waals surface area contributed by atoms with Crippen LogP contribution in [0, 0.1) is 5.82 Å². The molecule has 1 aliphatic rings. The van der Waals surface area contributed by atoms with Crippen LogP contribution in [0.5, 0.6) is 11.5 Å². The zero-order valence-electron chi connectivity index (χ0n) is 17.6. The maximum Gasteiger partial charge on any atom is 0.325 e. The molecule has 0 bridgehead atoms. The fourth-order valence-corrected chi connectivity index (χ4v) is 3.06. The molecule has 0 spiro atoms. The fraction of sp³-hybridized carbons (Fsp3) is 0.318. The largest absolute Gasteiger partial charge is 0.486 e. The van der Waals surface area contributed by atoms with Crippen LogP contribution in [0.15, 0.2) is 42.5 Å². The molecule has 2 aromatic rings. The monoisotopic (exact) mass is 445 g/mol. The lowest BCUT2D eigenvalue weighted by Crippen LogP contribution is -2.43. The second kappa shape index (κ2) is 11.1. The highest BCUT2D eigenvalue weighted by atomic mass is 19.1. The zero-order chi connectivity index (χ0) is 22.9. The average Bonchev–Trinajstić information content (AvgIpc) is 2.75. The lowest BCUT2D eigenvalue weighted by atomic mass is 10.2. The quantitative estimate of drug-likeness (QED) is 0.601. The Morgan fingerprint density at radius 3 is 2.47 bits per heavy atom. The van der Waals surface area contributed by atoms with Crippen LogP contribution in [0.1, 0.15) is 12.5 Å². The highest BCUT2D eigenvalue weighted by Crippen LogP contribution is 2.32. The summed E-state index contributed by atoms with van der Waals surface area (Å²) in [5.41, 5.74) is 1.12. The molecule has 32 heavy (non-hydrogen) atoms. The molecule has 9 nitrogen and oxygen atoms in total. The Kier molecular flexibility index (Phi) is 7.98. The Labute approximate surface area is 184 Å². The molecule has 2 aromatic carbocycles. The number of nitrogens with zero attached hydrogens (tertiary/aromatic N) is 1. The summed E-state index contributed by atoms with van der Waals surface area (Å²) < 4.78 is 29.0. The second-order valence-electron chi connectivity index (χ2n) is 6.94. The molecule has 170 valence electrons. The number of anilines is 1. The van der Waals surface area contributed by atoms with E-state index in [4.69, 9.17) is 14.2 Å². The Bertz CT molecular complexity index is 967. The standard InChI is InChI=1S/C22H24FN3O6/c1-2-30-21(28)14-26(12-15-3-5-16(23)6-4-15)13-20(27)25-22(29)24-17-7-8-18-19(11-17)32-10-9-31-18/h3-8,11H,2,9-10,12-14H2,1H3,(H2,24,25,27,29). The van der Waals surface area contributed by atoms with Crippen LogP contribution in [0.25, 0.3) is 0 Å². The molecule has 0 saturated heterocycles. The molecule has 0 aliphatic carbocycles. The van der Waals surface area contributed by atoms with Gasteiger partial charge in [0.15, 0.2) is 11.5 Å². The minimum Gasteiger partial charge on any atom is -0.486 e. The number of urea groups is 1. The number of halogens is 1. The van der Waals surface area contributed by atoms with E-state index < -0.39 is 17.9 Å². The minimum absolute atomic E-state index is 0.164. The summed E-state index contributed by atoms with van der Waals surface area (Å²) >= 11 is 0. The molecule has 10 heteroatoms. The summed E-state index contributed by atoms with van der Waals surface area (Å²) in [5.74, 6) is -0.442. The van der Waals surface area contributed by atoms with Gasteiger partial charge < -0.3 is 19.5 Å². The third-order valence-electron chi connectivity index (χ3n) is 4.40. The van der Waals surface area contributed by atoms with Gasteiger partial charge in [-0.3, -0.25) is 19.8 Å². The summed E-state index contributed by atoms with van der Waals surface area (Å²) in [7, 11) is 0. The number of amides is 3. The zero-order valence-corrected chi connectivity index (χ0v) is 17.6. The van der Waals surface area contributed by atoms with Crippen LogP contribution in [0.4, 0.5) is 14.9 Å². The molecule has 3 amide bonds. The lowest BCUT2D eigenvalue weighted by Gasteiger charge is -2.21. The van der Waals surface area contributed by atoms with Gasteiger partial charge in [0, 0.05) is 18.3 Å². The first-order valence-corrected chi connectivity index (χ1v) is 10.1. The topological polar surface area (TPSA) is 106 Å². The third-order valence-corrected chi connectivity index (χ3v) is 4.40. The van der Waals surface area contributed by atoms with Gasteiger partial charge in [0.05, 0.1) is 19.7 Å². The van der Waals surface area contributed by atoms with Crippen molar-refractivity contribution in [2.24, 2.45) is 0 Å². The number of carbonyl (C=O) groups excluding carboxylic acids is 3. The van der Waals surface area contributed by atoms with Gasteiger partial charge in [0.25, 0.3) is 0 Å². The number of benzene rings is 2. The van der Waals surface area contributed by atoms with Crippen molar-refractivity contribution in [2.75, 3.05) is 38.2 Å². The van der Waals surface area contributed by atoms with Crippen molar-refractivity contribution in [3.05, 3.63) is 53.8 Å². The van der Waals surface area contributed by atoms with Gasteiger partial charge in [-0.1, -0.05) is 12.1 Å². The van der Waals surface area contributed by atoms with Crippen molar-refractivity contribution < 1.29 is 33.0 Å². The van der Waals surface area contributed by atoms with Crippen molar-refractivity contribution in [3.8, 4) is 11.5 Å². The van der Waals surface area contributed by atoms with Crippen molar-refractivity contribution in [1.29, 1.82) is 0 Å². The maximum absolute atomic E-state index is 13.1. The number of rotatable bonds is 8. The van der Waals surface area contributed by atoms with Crippen LogP contribution in [0.3, 0.4) is 0 Å². The first kappa shape index (κ1) is 23.0. The predicted octanol–water partition coefficient (Wildman–Crippen LogP) is 2.31. The van der Waals surface area contributed by atoms with Crippen LogP contribution < -0.4 is 20.1 Å². The molecule has 0 radical (unpaired) electrons. The number of hydrogen-bond acceptors (Lipinski definition) is 7. The molecular weight excluding hydrogens is 421 g/mol. The van der Waals surface area contributed by atoms with E-state index in [9.17, 15) is 18.8 Å². The smallest absolute Gasteiger partial charge is 0.325 e. The normalized spacial score (nSPS) is 12.2. The average molecular weight is 445 g/mol. The van der Waals surface area contributed by atoms with Gasteiger partial charge in [0.1, 0.15) is 19.0 Å². The number of fused-ring (bicyclic) bond motifs is 1. The van der Waals surface area contributed by atoms with Gasteiger partial charge in [-0.2, -0.15) is 0 Å². The molecule has 0 unspecified atom stereocenters. The third kappa shape index (κ3) is 6.95. The molecule has 0 fully saturated rings. The van der Waals surface area contributed by atoms with E-state index in [-0.39, 0.29) is 32.1 Å². The van der Waals surface area contributed by atoms with Crippen molar-refractivity contribution in [2.45, 2.75) is 13.5 Å². The number of nitrogens with one attached hydrogen (secondary N) is 2. The Hall–Kier alpha value is -3.66. The summed E-state index contributed by atoms with van der Waals surface area (Å²) in [6.07, 6.45) is 0. The Balaban J connectivity index is 1.57. The van der Waals surface area contributed by atoms with E-state index >= 15 is 0 Å². The highest BCUT2D eigenvalue weighted by Gasteiger charge is 2.18. The van der Waals surface area contributed by atoms with Crippen molar-refractivity contribution >= 4 is 23.6 Å². The van der Waals surface area contributed by atoms with Gasteiger partial charge in [-0.25, -0.2) is 9.18 Å². The molecule has 0 atom stereocenters. The summed E-state index contributed by atoms with van der Waals surface area (Å²) in [4.78, 5) is 38.0. The van der Waals surface area contributed by atoms with Crippen molar-refractivity contribution in [3.63, 3.8) is 0 Å².